The SMILES string of the molecule is COC(=O)c1cc(C(=O)c2ccccc2)c(C)n1Cc1ccc(C(F)(F)F)cc1. The van der Waals surface area contributed by atoms with E-state index in [0.29, 0.717) is 22.4 Å². The Morgan fingerprint density at radius 3 is 2.17 bits per heavy atom. The molecule has 3 aromatic rings. The van der Waals surface area contributed by atoms with Crippen molar-refractivity contribution in [2.75, 3.05) is 7.11 Å². The Hall–Kier alpha value is -3.35. The zero-order valence-corrected chi connectivity index (χ0v) is 15.8. The van der Waals surface area contributed by atoms with Crippen molar-refractivity contribution in [2.24, 2.45) is 0 Å². The van der Waals surface area contributed by atoms with E-state index >= 15 is 0 Å². The lowest BCUT2D eigenvalue weighted by Crippen LogP contribution is -2.13. The van der Waals surface area contributed by atoms with Crippen molar-refractivity contribution < 1.29 is 27.5 Å². The van der Waals surface area contributed by atoms with Gasteiger partial charge in [-0.1, -0.05) is 42.5 Å². The number of nitrogens with zero attached hydrogens (tertiary/aromatic N) is 1. The summed E-state index contributed by atoms with van der Waals surface area (Å²) >= 11 is 0. The van der Waals surface area contributed by atoms with Gasteiger partial charge in [-0.2, -0.15) is 13.2 Å². The van der Waals surface area contributed by atoms with Gasteiger partial charge in [0.25, 0.3) is 0 Å². The third-order valence-corrected chi connectivity index (χ3v) is 4.66. The largest absolute Gasteiger partial charge is 0.464 e. The van der Waals surface area contributed by atoms with Crippen LogP contribution in [-0.2, 0) is 17.5 Å². The predicted molar refractivity (Wildman–Crippen MR) is 101 cm³/mol. The molecule has 0 aliphatic heterocycles. The first kappa shape index (κ1) is 20.4. The van der Waals surface area contributed by atoms with E-state index in [1.165, 1.54) is 25.3 Å². The maximum atomic E-state index is 12.9. The molecule has 2 aromatic carbocycles. The lowest BCUT2D eigenvalue weighted by atomic mass is 10.0. The molecule has 0 spiro atoms. The third kappa shape index (κ3) is 4.23. The fraction of sp³-hybridized carbons (Fsp3) is 0.182. The summed E-state index contributed by atoms with van der Waals surface area (Å²) in [7, 11) is 1.23. The average Bonchev–Trinajstić information content (AvgIpc) is 3.03. The van der Waals surface area contributed by atoms with Crippen molar-refractivity contribution in [3.63, 3.8) is 0 Å². The Morgan fingerprint density at radius 1 is 1.00 bits per heavy atom. The highest BCUT2D eigenvalue weighted by atomic mass is 19.4. The van der Waals surface area contributed by atoms with Gasteiger partial charge in [0.15, 0.2) is 5.78 Å². The number of aromatic nitrogens is 1. The summed E-state index contributed by atoms with van der Waals surface area (Å²) < 4.78 is 44.7. The maximum absolute atomic E-state index is 12.9. The monoisotopic (exact) mass is 401 g/mol. The quantitative estimate of drug-likeness (QED) is 0.452. The molecule has 0 aliphatic rings. The van der Waals surface area contributed by atoms with Crippen LogP contribution >= 0.6 is 0 Å². The second-order valence-electron chi connectivity index (χ2n) is 6.50. The molecule has 0 saturated carbocycles. The van der Waals surface area contributed by atoms with Gasteiger partial charge in [0, 0.05) is 23.4 Å². The molecule has 1 aromatic heterocycles. The lowest BCUT2D eigenvalue weighted by Gasteiger charge is -2.12. The van der Waals surface area contributed by atoms with E-state index in [4.69, 9.17) is 4.74 Å². The molecule has 0 saturated heterocycles. The molecule has 150 valence electrons. The van der Waals surface area contributed by atoms with Crippen molar-refractivity contribution >= 4 is 11.8 Å². The first-order valence-corrected chi connectivity index (χ1v) is 8.76. The van der Waals surface area contributed by atoms with Crippen molar-refractivity contribution in [3.8, 4) is 0 Å². The summed E-state index contributed by atoms with van der Waals surface area (Å²) in [4.78, 5) is 25.1. The number of methoxy groups -OCH3 is 1. The molecule has 0 aliphatic carbocycles. The summed E-state index contributed by atoms with van der Waals surface area (Å²) in [5, 5.41) is 0. The van der Waals surface area contributed by atoms with Gasteiger partial charge in [-0.15, -0.1) is 0 Å². The van der Waals surface area contributed by atoms with E-state index in [9.17, 15) is 22.8 Å². The Labute approximate surface area is 165 Å². The molecule has 1 heterocycles. The molecule has 0 amide bonds. The zero-order valence-electron chi connectivity index (χ0n) is 15.8. The molecule has 0 bridgehead atoms. The number of halogens is 3. The van der Waals surface area contributed by atoms with E-state index in [-0.39, 0.29) is 18.0 Å². The second-order valence-corrected chi connectivity index (χ2v) is 6.50. The summed E-state index contributed by atoms with van der Waals surface area (Å²) in [6, 6.07) is 14.7. The number of alkyl halides is 3. The van der Waals surface area contributed by atoms with E-state index < -0.39 is 17.7 Å². The number of hydrogen-bond donors (Lipinski definition) is 0. The minimum atomic E-state index is -4.42. The molecule has 0 atom stereocenters. The second kappa shape index (κ2) is 7.95. The first-order valence-electron chi connectivity index (χ1n) is 8.76. The predicted octanol–water partition coefficient (Wildman–Crippen LogP) is 4.88. The van der Waals surface area contributed by atoms with Crippen LogP contribution in [0.5, 0.6) is 0 Å². The minimum Gasteiger partial charge on any atom is -0.464 e. The van der Waals surface area contributed by atoms with Gasteiger partial charge in [-0.05, 0) is 30.7 Å². The molecule has 0 fully saturated rings. The van der Waals surface area contributed by atoms with Crippen molar-refractivity contribution in [1.29, 1.82) is 0 Å². The van der Waals surface area contributed by atoms with Gasteiger partial charge >= 0.3 is 12.1 Å². The molecule has 3 rings (SSSR count). The highest BCUT2D eigenvalue weighted by Gasteiger charge is 2.30. The standard InChI is InChI=1S/C22H18F3NO3/c1-14-18(20(27)16-6-4-3-5-7-16)12-19(21(28)29-2)26(14)13-15-8-10-17(11-9-15)22(23,24)25/h3-12H,13H2,1-2H3. The van der Waals surface area contributed by atoms with Crippen molar-refractivity contribution in [2.45, 2.75) is 19.6 Å². The Bertz CT molecular complexity index is 1040. The molecule has 4 nitrogen and oxygen atoms in total. The number of rotatable bonds is 5. The van der Waals surface area contributed by atoms with Crippen molar-refractivity contribution in [1.82, 2.24) is 4.57 Å². The number of carbonyl (C=O) groups excluding carboxylic acids is 2. The first-order chi connectivity index (χ1) is 13.7. The lowest BCUT2D eigenvalue weighted by molar-refractivity contribution is -0.137. The Balaban J connectivity index is 2.00. The van der Waals surface area contributed by atoms with Crippen LogP contribution in [0, 0.1) is 6.92 Å². The van der Waals surface area contributed by atoms with Gasteiger partial charge in [-0.3, -0.25) is 4.79 Å². The number of benzene rings is 2. The molecule has 0 N–H and O–H groups in total. The Kier molecular flexibility index (Phi) is 5.59. The minimum absolute atomic E-state index is 0.122. The topological polar surface area (TPSA) is 48.3 Å². The van der Waals surface area contributed by atoms with Crippen LogP contribution in [0.2, 0.25) is 0 Å². The number of carbonyl (C=O) groups is 2. The zero-order chi connectivity index (χ0) is 21.2. The van der Waals surface area contributed by atoms with Crippen LogP contribution in [0.15, 0.2) is 60.7 Å². The molecule has 0 unspecified atom stereocenters. The fourth-order valence-electron chi connectivity index (χ4n) is 3.08. The molecular weight excluding hydrogens is 383 g/mol. The van der Waals surface area contributed by atoms with Crippen LogP contribution in [0.25, 0.3) is 0 Å². The normalized spacial score (nSPS) is 11.3. The van der Waals surface area contributed by atoms with Crippen LogP contribution in [0.1, 0.15) is 43.2 Å². The van der Waals surface area contributed by atoms with Crippen LogP contribution < -0.4 is 0 Å². The summed E-state index contributed by atoms with van der Waals surface area (Å²) in [6.45, 7) is 1.81. The number of esters is 1. The molecule has 29 heavy (non-hydrogen) atoms. The van der Waals surface area contributed by atoms with Crippen molar-refractivity contribution in [3.05, 3.63) is 94.3 Å². The Morgan fingerprint density at radius 2 is 1.62 bits per heavy atom. The fourth-order valence-corrected chi connectivity index (χ4v) is 3.08. The van der Waals surface area contributed by atoms with Crippen LogP contribution in [-0.4, -0.2) is 23.4 Å². The van der Waals surface area contributed by atoms with E-state index in [2.05, 4.69) is 0 Å². The highest BCUT2D eigenvalue weighted by molar-refractivity contribution is 6.11. The third-order valence-electron chi connectivity index (χ3n) is 4.66. The average molecular weight is 401 g/mol. The van der Waals surface area contributed by atoms with Gasteiger partial charge in [0.1, 0.15) is 5.69 Å². The van der Waals surface area contributed by atoms with Gasteiger partial charge < -0.3 is 9.30 Å². The maximum Gasteiger partial charge on any atom is 0.416 e. The number of ether oxygens (including phenoxy) is 1. The van der Waals surface area contributed by atoms with E-state index in [1.54, 1.807) is 41.8 Å². The number of ketones is 1. The number of hydrogen-bond acceptors (Lipinski definition) is 3. The molecule has 0 radical (unpaired) electrons. The molecular formula is C22H18F3NO3. The van der Waals surface area contributed by atoms with Crippen LogP contribution in [0.3, 0.4) is 0 Å². The van der Waals surface area contributed by atoms with Gasteiger partial charge in [0.2, 0.25) is 0 Å². The molecule has 7 heteroatoms. The summed E-state index contributed by atoms with van der Waals surface area (Å²) in [6.07, 6.45) is -4.42. The van der Waals surface area contributed by atoms with Gasteiger partial charge in [-0.25, -0.2) is 4.79 Å². The van der Waals surface area contributed by atoms with E-state index in [0.717, 1.165) is 12.1 Å². The summed E-state index contributed by atoms with van der Waals surface area (Å²) in [5.74, 6) is -0.883. The van der Waals surface area contributed by atoms with Gasteiger partial charge in [0.05, 0.1) is 12.7 Å². The van der Waals surface area contributed by atoms with Crippen LogP contribution in [0.4, 0.5) is 13.2 Å². The van der Waals surface area contributed by atoms with E-state index in [1.807, 2.05) is 0 Å². The summed E-state index contributed by atoms with van der Waals surface area (Å²) in [5.41, 5.74) is 1.30. The highest BCUT2D eigenvalue weighted by Crippen LogP contribution is 2.29. The smallest absolute Gasteiger partial charge is 0.416 e.